The second-order valence-corrected chi connectivity index (χ2v) is 6.58. The maximum Gasteiger partial charge on any atom is 0.423 e. The fourth-order valence-corrected chi connectivity index (χ4v) is 3.72. The van der Waals surface area contributed by atoms with Gasteiger partial charge in [0.2, 0.25) is 5.91 Å². The first kappa shape index (κ1) is 18.4. The Morgan fingerprint density at radius 1 is 1.31 bits per heavy atom. The van der Waals surface area contributed by atoms with Gasteiger partial charge in [-0.05, 0) is 31.4 Å². The van der Waals surface area contributed by atoms with Gasteiger partial charge in [0.1, 0.15) is 11.6 Å². The Balaban J connectivity index is 1.77. The van der Waals surface area contributed by atoms with Crippen molar-refractivity contribution in [3.63, 3.8) is 0 Å². The molecule has 2 fully saturated rings. The summed E-state index contributed by atoms with van der Waals surface area (Å²) in [5.74, 6) is -0.556. The van der Waals surface area contributed by atoms with Crippen LogP contribution in [0.1, 0.15) is 24.8 Å². The number of alkyl halides is 3. The number of carbonyl (C=O) groups is 1. The molecule has 1 saturated carbocycles. The van der Waals surface area contributed by atoms with Crippen molar-refractivity contribution in [2.24, 2.45) is 11.7 Å². The molecule has 3 rings (SSSR count). The van der Waals surface area contributed by atoms with Gasteiger partial charge in [-0.15, -0.1) is 0 Å². The van der Waals surface area contributed by atoms with E-state index in [1.165, 1.54) is 6.07 Å². The maximum absolute atomic E-state index is 13.1. The van der Waals surface area contributed by atoms with Crippen molar-refractivity contribution < 1.29 is 22.9 Å². The molecule has 0 bridgehead atoms. The van der Waals surface area contributed by atoms with Crippen LogP contribution in [0.2, 0.25) is 0 Å². The summed E-state index contributed by atoms with van der Waals surface area (Å²) < 4.78 is 39.3. The maximum atomic E-state index is 13.1. The van der Waals surface area contributed by atoms with Crippen molar-refractivity contribution in [3.8, 4) is 0 Å². The second kappa shape index (κ2) is 6.72. The number of nitrogens with two attached hydrogens (primary N) is 1. The molecule has 1 saturated heterocycles. The van der Waals surface area contributed by atoms with Crippen LogP contribution in [0.25, 0.3) is 0 Å². The number of nitro benzene ring substituents is 1. The number of fused-ring (bicyclic) bond motifs is 1. The fraction of sp³-hybridized carbons (Fsp3) is 0.533. The molecule has 8 nitrogen and oxygen atoms in total. The predicted octanol–water partition coefficient (Wildman–Crippen LogP) is 1.52. The molecule has 1 heterocycles. The molecule has 142 valence electrons. The van der Waals surface area contributed by atoms with Crippen LogP contribution in [0.15, 0.2) is 18.2 Å². The Kier molecular flexibility index (Phi) is 4.76. The highest BCUT2D eigenvalue weighted by Gasteiger charge is 2.43. The second-order valence-electron chi connectivity index (χ2n) is 6.58. The van der Waals surface area contributed by atoms with Crippen LogP contribution in [-0.2, 0) is 11.0 Å². The van der Waals surface area contributed by atoms with E-state index in [4.69, 9.17) is 5.73 Å². The number of nitrogens with zero attached hydrogens (tertiary/aromatic N) is 1. The van der Waals surface area contributed by atoms with Crippen LogP contribution < -0.4 is 21.9 Å². The number of nitro groups is 1. The lowest BCUT2D eigenvalue weighted by molar-refractivity contribution is -0.388. The topological polar surface area (TPSA) is 122 Å². The lowest BCUT2D eigenvalue weighted by atomic mass is 9.79. The van der Waals surface area contributed by atoms with Crippen molar-refractivity contribution in [2.75, 3.05) is 5.32 Å². The van der Waals surface area contributed by atoms with Gasteiger partial charge in [-0.1, -0.05) is 0 Å². The average Bonchev–Trinajstić information content (AvgIpc) is 2.97. The number of nitrogens with one attached hydrogen (secondary N) is 3. The third-order valence-corrected chi connectivity index (χ3v) is 4.93. The van der Waals surface area contributed by atoms with E-state index in [-0.39, 0.29) is 23.7 Å². The molecule has 5 N–H and O–H groups in total. The van der Waals surface area contributed by atoms with E-state index < -0.39 is 34.3 Å². The number of amides is 1. The summed E-state index contributed by atoms with van der Waals surface area (Å²) in [6.07, 6.45) is -2.89. The molecule has 26 heavy (non-hydrogen) atoms. The Morgan fingerprint density at radius 3 is 2.65 bits per heavy atom. The molecule has 0 aromatic heterocycles. The number of rotatable bonds is 4. The average molecular weight is 373 g/mol. The summed E-state index contributed by atoms with van der Waals surface area (Å²) in [7, 11) is 0. The van der Waals surface area contributed by atoms with Gasteiger partial charge in [0, 0.05) is 29.8 Å². The molecule has 1 aliphatic carbocycles. The van der Waals surface area contributed by atoms with Crippen molar-refractivity contribution in [3.05, 3.63) is 33.9 Å². The molecule has 1 aromatic rings. The highest BCUT2D eigenvalue weighted by Crippen LogP contribution is 2.38. The van der Waals surface area contributed by atoms with Gasteiger partial charge in [-0.3, -0.25) is 20.3 Å². The zero-order valence-corrected chi connectivity index (χ0v) is 13.5. The van der Waals surface area contributed by atoms with E-state index in [9.17, 15) is 28.1 Å². The van der Waals surface area contributed by atoms with E-state index in [1.807, 2.05) is 0 Å². The number of halogens is 3. The summed E-state index contributed by atoms with van der Waals surface area (Å²) in [5, 5.41) is 13.8. The van der Waals surface area contributed by atoms with Crippen molar-refractivity contribution in [2.45, 2.75) is 43.6 Å². The highest BCUT2D eigenvalue weighted by atomic mass is 19.4. The van der Waals surface area contributed by atoms with Crippen molar-refractivity contribution in [1.29, 1.82) is 0 Å². The monoisotopic (exact) mass is 373 g/mol. The minimum atomic E-state index is -4.83. The number of hydrogen-bond donors (Lipinski definition) is 4. The third kappa shape index (κ3) is 3.58. The first-order valence-electron chi connectivity index (χ1n) is 8.09. The van der Waals surface area contributed by atoms with Crippen LogP contribution in [0, 0.1) is 16.0 Å². The minimum absolute atomic E-state index is 0.0705. The summed E-state index contributed by atoms with van der Waals surface area (Å²) in [6, 6.07) is 2.24. The summed E-state index contributed by atoms with van der Waals surface area (Å²) in [4.78, 5) is 21.3. The smallest absolute Gasteiger partial charge is 0.382 e. The molecular weight excluding hydrogens is 355 g/mol. The van der Waals surface area contributed by atoms with Crippen LogP contribution >= 0.6 is 0 Å². The fourth-order valence-electron chi connectivity index (χ4n) is 3.72. The zero-order chi connectivity index (χ0) is 19.1. The standard InChI is InChI=1S/C15H18F3N5O3/c16-15(17,18)10-6-8(2-4-12(10)23(25)26)20-7-1-3-11-9(5-7)13(14(19)24)22-21-11/h2,4,6-7,9,11,13,20-22H,1,3,5H2,(H2,19,24). The Hall–Kier alpha value is -2.40. The number of primary amides is 1. The quantitative estimate of drug-likeness (QED) is 0.469. The molecule has 4 atom stereocenters. The Labute approximate surface area is 146 Å². The number of hydrogen-bond acceptors (Lipinski definition) is 6. The normalized spacial score (nSPS) is 28.4. The molecule has 2 aliphatic rings. The zero-order valence-electron chi connectivity index (χ0n) is 13.5. The number of anilines is 1. The number of carbonyl (C=O) groups excluding carboxylic acids is 1. The van der Waals surface area contributed by atoms with E-state index in [1.54, 1.807) is 0 Å². The summed E-state index contributed by atoms with van der Waals surface area (Å²) in [5.41, 5.74) is 9.12. The van der Waals surface area contributed by atoms with E-state index in [0.717, 1.165) is 18.6 Å². The lowest BCUT2D eigenvalue weighted by Crippen LogP contribution is -2.44. The molecular formula is C15H18F3N5O3. The molecule has 1 amide bonds. The van der Waals surface area contributed by atoms with Crippen molar-refractivity contribution >= 4 is 17.3 Å². The van der Waals surface area contributed by atoms with Gasteiger partial charge in [-0.2, -0.15) is 13.2 Å². The van der Waals surface area contributed by atoms with Crippen LogP contribution in [0.5, 0.6) is 0 Å². The summed E-state index contributed by atoms with van der Waals surface area (Å²) >= 11 is 0. The van der Waals surface area contributed by atoms with E-state index in [2.05, 4.69) is 16.2 Å². The molecule has 4 unspecified atom stereocenters. The Bertz CT molecular complexity index is 727. The predicted molar refractivity (Wildman–Crippen MR) is 85.9 cm³/mol. The largest absolute Gasteiger partial charge is 0.423 e. The van der Waals surface area contributed by atoms with Crippen LogP contribution in [0.4, 0.5) is 24.5 Å². The van der Waals surface area contributed by atoms with Gasteiger partial charge in [0.25, 0.3) is 5.69 Å². The van der Waals surface area contributed by atoms with Gasteiger partial charge >= 0.3 is 6.18 Å². The van der Waals surface area contributed by atoms with E-state index >= 15 is 0 Å². The number of hydrazine groups is 1. The van der Waals surface area contributed by atoms with Gasteiger partial charge < -0.3 is 11.1 Å². The van der Waals surface area contributed by atoms with Gasteiger partial charge in [0.05, 0.1) is 4.92 Å². The lowest BCUT2D eigenvalue weighted by Gasteiger charge is -2.33. The molecule has 1 aromatic carbocycles. The third-order valence-electron chi connectivity index (χ3n) is 4.93. The Morgan fingerprint density at radius 2 is 2.04 bits per heavy atom. The van der Waals surface area contributed by atoms with Gasteiger partial charge in [-0.25, -0.2) is 5.43 Å². The highest BCUT2D eigenvalue weighted by molar-refractivity contribution is 5.80. The van der Waals surface area contributed by atoms with Crippen molar-refractivity contribution in [1.82, 2.24) is 10.9 Å². The SMILES string of the molecule is NC(=O)C1NNC2CCC(Nc3ccc([N+](=O)[O-])c(C(F)(F)F)c3)CC21. The van der Waals surface area contributed by atoms with Crippen LogP contribution in [-0.4, -0.2) is 29.0 Å². The molecule has 0 radical (unpaired) electrons. The van der Waals surface area contributed by atoms with Gasteiger partial charge in [0.15, 0.2) is 0 Å². The first-order chi connectivity index (χ1) is 12.2. The molecule has 0 spiro atoms. The summed E-state index contributed by atoms with van der Waals surface area (Å²) in [6.45, 7) is 0. The number of benzene rings is 1. The minimum Gasteiger partial charge on any atom is -0.382 e. The van der Waals surface area contributed by atoms with E-state index in [0.29, 0.717) is 12.8 Å². The molecule has 1 aliphatic heterocycles. The van der Waals surface area contributed by atoms with Crippen LogP contribution in [0.3, 0.4) is 0 Å². The first-order valence-corrected chi connectivity index (χ1v) is 8.09. The molecule has 11 heteroatoms.